The van der Waals surface area contributed by atoms with Crippen LogP contribution in [0.3, 0.4) is 0 Å². The summed E-state index contributed by atoms with van der Waals surface area (Å²) in [6.07, 6.45) is 3.37. The van der Waals surface area contributed by atoms with Gasteiger partial charge in [0.05, 0.1) is 0 Å². The lowest BCUT2D eigenvalue weighted by atomic mass is 10.2. The molecule has 0 aliphatic heterocycles. The lowest BCUT2D eigenvalue weighted by Gasteiger charge is -2.06. The van der Waals surface area contributed by atoms with Crippen LogP contribution in [0.5, 0.6) is 0 Å². The quantitative estimate of drug-likeness (QED) is 0.757. The van der Waals surface area contributed by atoms with Gasteiger partial charge in [0.2, 0.25) is 5.95 Å². The van der Waals surface area contributed by atoms with Crippen molar-refractivity contribution in [3.8, 4) is 10.7 Å². The van der Waals surface area contributed by atoms with Gasteiger partial charge in [-0.15, -0.1) is 11.3 Å². The lowest BCUT2D eigenvalue weighted by Crippen LogP contribution is -2.24. The van der Waals surface area contributed by atoms with E-state index in [2.05, 4.69) is 25.3 Å². The second-order valence-corrected chi connectivity index (χ2v) is 5.69. The van der Waals surface area contributed by atoms with Crippen molar-refractivity contribution in [2.24, 2.45) is 0 Å². The minimum absolute atomic E-state index is 0.0434. The molecule has 3 rings (SSSR count). The zero-order chi connectivity index (χ0) is 16.2. The molecule has 3 N–H and O–H groups in total. The van der Waals surface area contributed by atoms with Crippen molar-refractivity contribution >= 4 is 23.2 Å². The van der Waals surface area contributed by atoms with Gasteiger partial charge >= 0.3 is 0 Å². The Kier molecular flexibility index (Phi) is 4.24. The predicted octanol–water partition coefficient (Wildman–Crippen LogP) is 1.82. The Hall–Kier alpha value is -2.87. The van der Waals surface area contributed by atoms with Crippen LogP contribution in [0.2, 0.25) is 0 Å². The maximum absolute atomic E-state index is 12.3. The molecule has 0 bridgehead atoms. The lowest BCUT2D eigenvalue weighted by molar-refractivity contribution is 0.0946. The molecule has 0 atom stereocenters. The number of nitrogen functional groups attached to an aromatic ring is 1. The first kappa shape index (κ1) is 15.0. The first-order valence-electron chi connectivity index (χ1n) is 6.86. The number of amides is 1. The molecule has 0 saturated carbocycles. The van der Waals surface area contributed by atoms with Gasteiger partial charge < -0.3 is 11.1 Å². The molecule has 0 aliphatic rings. The zero-order valence-electron chi connectivity index (χ0n) is 12.4. The highest BCUT2D eigenvalue weighted by Crippen LogP contribution is 2.22. The molecule has 0 aliphatic carbocycles. The molecule has 0 fully saturated rings. The summed E-state index contributed by atoms with van der Waals surface area (Å²) in [5.41, 5.74) is 8.26. The second-order valence-electron chi connectivity index (χ2n) is 4.83. The van der Waals surface area contributed by atoms with E-state index in [0.29, 0.717) is 17.2 Å². The summed E-state index contributed by atoms with van der Waals surface area (Å²) in [4.78, 5) is 28.8. The number of aromatic nitrogens is 4. The molecule has 3 aromatic heterocycles. The van der Waals surface area contributed by atoms with Gasteiger partial charge in [-0.1, -0.05) is 6.07 Å². The number of hydrogen-bond donors (Lipinski definition) is 2. The van der Waals surface area contributed by atoms with Gasteiger partial charge in [0.15, 0.2) is 0 Å². The molecule has 8 heteroatoms. The summed E-state index contributed by atoms with van der Waals surface area (Å²) < 4.78 is 0. The van der Waals surface area contributed by atoms with Crippen molar-refractivity contribution in [3.05, 3.63) is 52.9 Å². The van der Waals surface area contributed by atoms with Gasteiger partial charge in [-0.05, 0) is 24.6 Å². The Bertz CT molecular complexity index is 833. The average Bonchev–Trinajstić information content (AvgIpc) is 2.99. The molecule has 3 heterocycles. The van der Waals surface area contributed by atoms with Crippen LogP contribution in [0.15, 0.2) is 36.0 Å². The molecule has 0 radical (unpaired) electrons. The fourth-order valence-corrected chi connectivity index (χ4v) is 2.70. The SMILES string of the molecule is Cc1csc(-c2cc(C(=O)NCc3cccnc3)nc(N)n2)n1. The number of anilines is 1. The summed E-state index contributed by atoms with van der Waals surface area (Å²) in [7, 11) is 0. The largest absolute Gasteiger partial charge is 0.368 e. The summed E-state index contributed by atoms with van der Waals surface area (Å²) >= 11 is 1.45. The predicted molar refractivity (Wildman–Crippen MR) is 87.7 cm³/mol. The van der Waals surface area contributed by atoms with Crippen molar-refractivity contribution in [1.29, 1.82) is 0 Å². The van der Waals surface area contributed by atoms with E-state index in [1.165, 1.54) is 11.3 Å². The Balaban J connectivity index is 1.79. The average molecular weight is 326 g/mol. The van der Waals surface area contributed by atoms with Crippen LogP contribution in [0.4, 0.5) is 5.95 Å². The highest BCUT2D eigenvalue weighted by atomic mass is 32.1. The molecule has 116 valence electrons. The molecular weight excluding hydrogens is 312 g/mol. The van der Waals surface area contributed by atoms with Gasteiger partial charge in [0.1, 0.15) is 16.4 Å². The molecule has 3 aromatic rings. The summed E-state index contributed by atoms with van der Waals surface area (Å²) in [6.45, 7) is 2.26. The third-order valence-corrected chi connectivity index (χ3v) is 3.97. The molecular formula is C15H14N6OS. The third kappa shape index (κ3) is 3.67. The number of nitrogens with zero attached hydrogens (tertiary/aromatic N) is 4. The number of nitrogens with two attached hydrogens (primary N) is 1. The number of aryl methyl sites for hydroxylation is 1. The second kappa shape index (κ2) is 6.49. The maximum Gasteiger partial charge on any atom is 0.270 e. The Morgan fingerprint density at radius 3 is 2.91 bits per heavy atom. The van der Waals surface area contributed by atoms with Gasteiger partial charge in [-0.3, -0.25) is 9.78 Å². The maximum atomic E-state index is 12.3. The van der Waals surface area contributed by atoms with Crippen molar-refractivity contribution in [3.63, 3.8) is 0 Å². The monoisotopic (exact) mass is 326 g/mol. The van der Waals surface area contributed by atoms with Crippen LogP contribution in [-0.2, 0) is 6.54 Å². The van der Waals surface area contributed by atoms with E-state index in [-0.39, 0.29) is 17.5 Å². The minimum atomic E-state index is -0.322. The van der Waals surface area contributed by atoms with Crippen LogP contribution >= 0.6 is 11.3 Å². The van der Waals surface area contributed by atoms with Gasteiger partial charge in [-0.2, -0.15) is 0 Å². The molecule has 0 unspecified atom stereocenters. The summed E-state index contributed by atoms with van der Waals surface area (Å²) in [5, 5.41) is 5.40. The molecule has 7 nitrogen and oxygen atoms in total. The number of carbonyl (C=O) groups excluding carboxylic acids is 1. The van der Waals surface area contributed by atoms with Crippen molar-refractivity contribution in [1.82, 2.24) is 25.3 Å². The molecule has 0 spiro atoms. The zero-order valence-corrected chi connectivity index (χ0v) is 13.2. The summed E-state index contributed by atoms with van der Waals surface area (Å²) in [6, 6.07) is 5.28. The number of nitrogens with one attached hydrogen (secondary N) is 1. The molecule has 0 aromatic carbocycles. The summed E-state index contributed by atoms with van der Waals surface area (Å²) in [5.74, 6) is -0.278. The highest BCUT2D eigenvalue weighted by Gasteiger charge is 2.13. The van der Waals surface area contributed by atoms with Gasteiger partial charge in [0, 0.05) is 30.0 Å². The van der Waals surface area contributed by atoms with E-state index in [9.17, 15) is 4.79 Å². The fourth-order valence-electron chi connectivity index (χ4n) is 1.94. The highest BCUT2D eigenvalue weighted by molar-refractivity contribution is 7.13. The van der Waals surface area contributed by atoms with E-state index in [1.807, 2.05) is 24.4 Å². The van der Waals surface area contributed by atoms with E-state index in [1.54, 1.807) is 18.5 Å². The number of thiazole rings is 1. The topological polar surface area (TPSA) is 107 Å². The third-order valence-electron chi connectivity index (χ3n) is 2.99. The number of carbonyl (C=O) groups is 1. The van der Waals surface area contributed by atoms with Gasteiger partial charge in [0.25, 0.3) is 5.91 Å². The molecule has 0 saturated heterocycles. The Labute approximate surface area is 136 Å². The molecule has 23 heavy (non-hydrogen) atoms. The van der Waals surface area contributed by atoms with E-state index in [0.717, 1.165) is 11.3 Å². The van der Waals surface area contributed by atoms with Crippen LogP contribution in [-0.4, -0.2) is 25.8 Å². The van der Waals surface area contributed by atoms with E-state index in [4.69, 9.17) is 5.73 Å². The van der Waals surface area contributed by atoms with E-state index < -0.39 is 0 Å². The van der Waals surface area contributed by atoms with Crippen LogP contribution in [0, 0.1) is 6.92 Å². The van der Waals surface area contributed by atoms with Crippen molar-refractivity contribution in [2.45, 2.75) is 13.5 Å². The van der Waals surface area contributed by atoms with Crippen LogP contribution in [0.25, 0.3) is 10.7 Å². The van der Waals surface area contributed by atoms with Gasteiger partial charge in [-0.25, -0.2) is 15.0 Å². The molecule has 1 amide bonds. The van der Waals surface area contributed by atoms with E-state index >= 15 is 0 Å². The van der Waals surface area contributed by atoms with Crippen LogP contribution in [0.1, 0.15) is 21.7 Å². The Morgan fingerprint density at radius 2 is 2.22 bits per heavy atom. The standard InChI is InChI=1S/C15H14N6OS/c1-9-8-23-14(19-9)12-5-11(20-15(16)21-12)13(22)18-7-10-3-2-4-17-6-10/h2-6,8H,7H2,1H3,(H,18,22)(H2,16,20,21). The van der Waals surface area contributed by atoms with Crippen LogP contribution < -0.4 is 11.1 Å². The first-order valence-corrected chi connectivity index (χ1v) is 7.74. The number of pyridine rings is 1. The minimum Gasteiger partial charge on any atom is -0.368 e. The number of hydrogen-bond acceptors (Lipinski definition) is 7. The normalized spacial score (nSPS) is 10.5. The first-order chi connectivity index (χ1) is 11.1. The Morgan fingerprint density at radius 1 is 1.35 bits per heavy atom. The van der Waals surface area contributed by atoms with Crippen molar-refractivity contribution in [2.75, 3.05) is 5.73 Å². The number of rotatable bonds is 4. The van der Waals surface area contributed by atoms with Crippen molar-refractivity contribution < 1.29 is 4.79 Å². The fraction of sp³-hybridized carbons (Fsp3) is 0.133. The smallest absolute Gasteiger partial charge is 0.270 e.